The van der Waals surface area contributed by atoms with Gasteiger partial charge < -0.3 is 20.1 Å². The Morgan fingerprint density at radius 2 is 1.82 bits per heavy atom. The summed E-state index contributed by atoms with van der Waals surface area (Å²) in [6, 6.07) is 7.71. The Morgan fingerprint density at radius 1 is 1.14 bits per heavy atom. The number of esters is 1. The number of carbonyl (C=O) groups is 3. The first-order valence-corrected chi connectivity index (χ1v) is 8.99. The number of anilines is 1. The Hall–Kier alpha value is -3.20. The van der Waals surface area contributed by atoms with Gasteiger partial charge >= 0.3 is 11.9 Å². The molecule has 0 aliphatic heterocycles. The van der Waals surface area contributed by atoms with E-state index in [1.807, 2.05) is 13.8 Å². The number of hydrogen-bond donors (Lipinski definition) is 2. The number of nitrogens with one attached hydrogen (secondary N) is 1. The van der Waals surface area contributed by atoms with Crippen LogP contribution in [0.1, 0.15) is 34.7 Å². The van der Waals surface area contributed by atoms with Crippen LogP contribution in [-0.4, -0.2) is 63.9 Å². The zero-order valence-electron chi connectivity index (χ0n) is 15.9. The Balaban J connectivity index is 1.92. The van der Waals surface area contributed by atoms with Crippen molar-refractivity contribution in [2.45, 2.75) is 20.4 Å². The molecule has 1 aromatic carbocycles. The predicted molar refractivity (Wildman–Crippen MR) is 102 cm³/mol. The fourth-order valence-corrected chi connectivity index (χ4v) is 2.56. The first-order valence-electron chi connectivity index (χ1n) is 8.99. The summed E-state index contributed by atoms with van der Waals surface area (Å²) in [5, 5.41) is 15.3. The van der Waals surface area contributed by atoms with Crippen molar-refractivity contribution in [2.75, 3.05) is 31.6 Å². The number of aromatic nitrogens is 2. The maximum Gasteiger partial charge on any atom is 0.338 e. The third kappa shape index (κ3) is 5.92. The second-order valence-electron chi connectivity index (χ2n) is 5.96. The van der Waals surface area contributed by atoms with Gasteiger partial charge in [-0.1, -0.05) is 13.8 Å². The summed E-state index contributed by atoms with van der Waals surface area (Å²) in [6.45, 7) is 6.47. The van der Waals surface area contributed by atoms with Crippen LogP contribution in [0.4, 0.5) is 5.69 Å². The minimum atomic E-state index is -1.10. The second-order valence-corrected chi connectivity index (χ2v) is 5.96. The topological polar surface area (TPSA) is 114 Å². The molecule has 0 radical (unpaired) electrons. The van der Waals surface area contributed by atoms with E-state index >= 15 is 0 Å². The summed E-state index contributed by atoms with van der Waals surface area (Å²) in [5.74, 6) is -2.01. The van der Waals surface area contributed by atoms with E-state index in [2.05, 4.69) is 15.3 Å². The van der Waals surface area contributed by atoms with E-state index in [9.17, 15) is 14.4 Å². The Kier molecular flexibility index (Phi) is 7.70. The fourth-order valence-electron chi connectivity index (χ4n) is 2.56. The summed E-state index contributed by atoms with van der Waals surface area (Å²) in [4.78, 5) is 37.3. The highest BCUT2D eigenvalue weighted by Crippen LogP contribution is 2.12. The molecule has 0 atom stereocenters. The van der Waals surface area contributed by atoms with Crippen molar-refractivity contribution in [3.63, 3.8) is 0 Å². The Labute approximate surface area is 162 Å². The van der Waals surface area contributed by atoms with E-state index < -0.39 is 24.4 Å². The first kappa shape index (κ1) is 21.1. The molecule has 1 aromatic heterocycles. The molecule has 0 bridgehead atoms. The van der Waals surface area contributed by atoms with Gasteiger partial charge in [-0.15, -0.1) is 0 Å². The predicted octanol–water partition coefficient (Wildman–Crippen LogP) is 1.72. The number of amides is 1. The molecule has 2 rings (SSSR count). The van der Waals surface area contributed by atoms with Crippen LogP contribution in [0.15, 0.2) is 36.5 Å². The SMILES string of the molecule is CCN(CC)CCOC(=O)c1ccc(NC(=O)c2ccnn2CC(=O)O)cc1. The largest absolute Gasteiger partial charge is 0.480 e. The Morgan fingerprint density at radius 3 is 2.43 bits per heavy atom. The van der Waals surface area contributed by atoms with E-state index in [1.165, 1.54) is 12.3 Å². The zero-order chi connectivity index (χ0) is 20.5. The first-order chi connectivity index (χ1) is 13.4. The van der Waals surface area contributed by atoms with Crippen LogP contribution in [-0.2, 0) is 16.1 Å². The van der Waals surface area contributed by atoms with E-state index in [4.69, 9.17) is 9.84 Å². The smallest absolute Gasteiger partial charge is 0.338 e. The van der Waals surface area contributed by atoms with Crippen LogP contribution >= 0.6 is 0 Å². The normalized spacial score (nSPS) is 10.7. The number of carbonyl (C=O) groups excluding carboxylic acids is 2. The average Bonchev–Trinajstić information content (AvgIpc) is 3.13. The monoisotopic (exact) mass is 388 g/mol. The molecule has 0 spiro atoms. The molecule has 0 saturated carbocycles. The van der Waals surface area contributed by atoms with Crippen molar-refractivity contribution in [3.8, 4) is 0 Å². The third-order valence-corrected chi connectivity index (χ3v) is 4.15. The molecule has 0 saturated heterocycles. The van der Waals surface area contributed by atoms with Gasteiger partial charge in [0, 0.05) is 18.4 Å². The molecule has 2 aromatic rings. The van der Waals surface area contributed by atoms with Crippen molar-refractivity contribution in [2.24, 2.45) is 0 Å². The number of rotatable bonds is 10. The van der Waals surface area contributed by atoms with Crippen LogP contribution in [0.25, 0.3) is 0 Å². The number of benzene rings is 1. The quantitative estimate of drug-likeness (QED) is 0.596. The van der Waals surface area contributed by atoms with Crippen molar-refractivity contribution in [1.82, 2.24) is 14.7 Å². The highest BCUT2D eigenvalue weighted by molar-refractivity contribution is 6.03. The molecule has 0 fully saturated rings. The third-order valence-electron chi connectivity index (χ3n) is 4.15. The summed E-state index contributed by atoms with van der Waals surface area (Å²) in [6.07, 6.45) is 1.36. The van der Waals surface area contributed by atoms with Crippen molar-refractivity contribution in [3.05, 3.63) is 47.8 Å². The zero-order valence-corrected chi connectivity index (χ0v) is 15.9. The molecular weight excluding hydrogens is 364 g/mol. The summed E-state index contributed by atoms with van der Waals surface area (Å²) < 4.78 is 6.36. The lowest BCUT2D eigenvalue weighted by Gasteiger charge is -2.17. The molecular formula is C19H24N4O5. The molecule has 2 N–H and O–H groups in total. The van der Waals surface area contributed by atoms with Gasteiger partial charge in [0.05, 0.1) is 5.56 Å². The van der Waals surface area contributed by atoms with E-state index in [0.717, 1.165) is 17.8 Å². The van der Waals surface area contributed by atoms with Crippen LogP contribution in [0.5, 0.6) is 0 Å². The number of aliphatic carboxylic acids is 1. The minimum absolute atomic E-state index is 0.127. The molecule has 28 heavy (non-hydrogen) atoms. The fraction of sp³-hybridized carbons (Fsp3) is 0.368. The maximum absolute atomic E-state index is 12.3. The highest BCUT2D eigenvalue weighted by atomic mass is 16.5. The standard InChI is InChI=1S/C19H24N4O5/c1-3-22(4-2)11-12-28-19(27)14-5-7-15(8-6-14)21-18(26)16-9-10-20-23(16)13-17(24)25/h5-10H,3-4,11-13H2,1-2H3,(H,21,26)(H,24,25). The van der Waals surface area contributed by atoms with Crippen molar-refractivity contribution >= 4 is 23.5 Å². The lowest BCUT2D eigenvalue weighted by molar-refractivity contribution is -0.137. The van der Waals surface area contributed by atoms with Gasteiger partial charge in [0.25, 0.3) is 5.91 Å². The summed E-state index contributed by atoms with van der Waals surface area (Å²) in [5.41, 5.74) is 0.975. The molecule has 9 nitrogen and oxygen atoms in total. The van der Waals surface area contributed by atoms with Gasteiger partial charge in [0.1, 0.15) is 18.8 Å². The van der Waals surface area contributed by atoms with Gasteiger partial charge in [-0.05, 0) is 43.4 Å². The number of likely N-dealkylation sites (N-methyl/N-ethyl adjacent to an activating group) is 1. The minimum Gasteiger partial charge on any atom is -0.480 e. The summed E-state index contributed by atoms with van der Waals surface area (Å²) >= 11 is 0. The van der Waals surface area contributed by atoms with Crippen LogP contribution in [0.3, 0.4) is 0 Å². The molecule has 0 unspecified atom stereocenters. The number of carboxylic acids is 1. The number of ether oxygens (including phenoxy) is 1. The molecule has 9 heteroatoms. The van der Waals surface area contributed by atoms with Crippen molar-refractivity contribution in [1.29, 1.82) is 0 Å². The maximum atomic E-state index is 12.3. The van der Waals surface area contributed by atoms with E-state index in [1.54, 1.807) is 24.3 Å². The van der Waals surface area contributed by atoms with Crippen molar-refractivity contribution < 1.29 is 24.2 Å². The lowest BCUT2D eigenvalue weighted by atomic mass is 10.2. The molecule has 150 valence electrons. The number of nitrogens with zero attached hydrogens (tertiary/aromatic N) is 3. The van der Waals surface area contributed by atoms with Gasteiger partial charge in [-0.25, -0.2) is 9.48 Å². The highest BCUT2D eigenvalue weighted by Gasteiger charge is 2.15. The van der Waals surface area contributed by atoms with Crippen LogP contribution in [0.2, 0.25) is 0 Å². The number of carboxylic acid groups (broad SMARTS) is 1. The Bertz CT molecular complexity index is 812. The lowest BCUT2D eigenvalue weighted by Crippen LogP contribution is -2.27. The van der Waals surface area contributed by atoms with Gasteiger partial charge in [-0.3, -0.25) is 9.59 Å². The molecule has 0 aliphatic rings. The van der Waals surface area contributed by atoms with E-state index in [-0.39, 0.29) is 5.69 Å². The van der Waals surface area contributed by atoms with Gasteiger partial charge in [0.15, 0.2) is 0 Å². The average molecular weight is 388 g/mol. The van der Waals surface area contributed by atoms with Gasteiger partial charge in [-0.2, -0.15) is 5.10 Å². The number of hydrogen-bond acceptors (Lipinski definition) is 6. The van der Waals surface area contributed by atoms with E-state index in [0.29, 0.717) is 24.4 Å². The molecule has 0 aliphatic carbocycles. The summed E-state index contributed by atoms with van der Waals surface area (Å²) in [7, 11) is 0. The molecule has 1 heterocycles. The molecule has 1 amide bonds. The van der Waals surface area contributed by atoms with Gasteiger partial charge in [0.2, 0.25) is 0 Å². The second kappa shape index (κ2) is 10.2. The van der Waals surface area contributed by atoms with Crippen LogP contribution < -0.4 is 5.32 Å². The van der Waals surface area contributed by atoms with Crippen LogP contribution in [0, 0.1) is 0 Å².